The maximum absolute atomic E-state index is 6.10. The summed E-state index contributed by atoms with van der Waals surface area (Å²) in [6, 6.07) is 9.30. The molecule has 1 aliphatic carbocycles. The molecule has 2 nitrogen and oxygen atoms in total. The number of nitrogens with two attached hydrogens (primary N) is 1. The molecule has 106 valence electrons. The number of benzene rings is 1. The summed E-state index contributed by atoms with van der Waals surface area (Å²) in [6.45, 7) is 9.71. The van der Waals surface area contributed by atoms with Crippen LogP contribution in [0.5, 0.6) is 0 Å². The molecule has 0 saturated heterocycles. The summed E-state index contributed by atoms with van der Waals surface area (Å²) in [4.78, 5) is 2.53. The first-order valence-corrected chi connectivity index (χ1v) is 7.70. The fraction of sp³-hybridized carbons (Fsp3) is 0.647. The lowest BCUT2D eigenvalue weighted by Gasteiger charge is -2.33. The summed E-state index contributed by atoms with van der Waals surface area (Å²) in [5, 5.41) is 0. The first kappa shape index (κ1) is 14.5. The van der Waals surface area contributed by atoms with Gasteiger partial charge in [-0.25, -0.2) is 0 Å². The molecule has 2 heteroatoms. The highest BCUT2D eigenvalue weighted by molar-refractivity contribution is 5.35. The minimum absolute atomic E-state index is 0.379. The molecule has 0 spiro atoms. The third kappa shape index (κ3) is 3.58. The molecule has 1 fully saturated rings. The third-order valence-corrected chi connectivity index (χ3v) is 4.04. The normalized spacial score (nSPS) is 17.2. The van der Waals surface area contributed by atoms with Crippen LogP contribution in [0.2, 0.25) is 0 Å². The van der Waals surface area contributed by atoms with Crippen molar-refractivity contribution in [2.45, 2.75) is 45.6 Å². The van der Waals surface area contributed by atoms with Gasteiger partial charge in [0.15, 0.2) is 0 Å². The van der Waals surface area contributed by atoms with Crippen molar-refractivity contribution in [3.8, 4) is 0 Å². The predicted molar refractivity (Wildman–Crippen MR) is 82.3 cm³/mol. The summed E-state index contributed by atoms with van der Waals surface area (Å²) in [7, 11) is 0. The van der Waals surface area contributed by atoms with Gasteiger partial charge in [-0.05, 0) is 42.3 Å². The van der Waals surface area contributed by atoms with Crippen molar-refractivity contribution in [2.24, 2.45) is 11.7 Å². The molecule has 0 heterocycles. The summed E-state index contributed by atoms with van der Waals surface area (Å²) in [6.07, 6.45) is 2.70. The molecule has 0 radical (unpaired) electrons. The monoisotopic (exact) mass is 260 g/mol. The number of rotatable bonds is 7. The van der Waals surface area contributed by atoms with E-state index in [4.69, 9.17) is 5.73 Å². The van der Waals surface area contributed by atoms with Gasteiger partial charge in [0.1, 0.15) is 0 Å². The largest absolute Gasteiger partial charge is 0.329 e. The van der Waals surface area contributed by atoms with E-state index in [9.17, 15) is 0 Å². The van der Waals surface area contributed by atoms with Gasteiger partial charge in [-0.15, -0.1) is 0 Å². The summed E-state index contributed by atoms with van der Waals surface area (Å²) >= 11 is 0. The average Bonchev–Trinajstić information content (AvgIpc) is 3.23. The van der Waals surface area contributed by atoms with Gasteiger partial charge in [0.05, 0.1) is 0 Å². The predicted octanol–water partition coefficient (Wildman–Crippen LogP) is 3.54. The topological polar surface area (TPSA) is 29.3 Å². The van der Waals surface area contributed by atoms with Gasteiger partial charge in [0.25, 0.3) is 0 Å². The van der Waals surface area contributed by atoms with Crippen LogP contribution in [-0.2, 0) is 0 Å². The van der Waals surface area contributed by atoms with Crippen LogP contribution >= 0.6 is 0 Å². The van der Waals surface area contributed by atoms with Crippen LogP contribution in [0, 0.1) is 5.92 Å². The zero-order valence-corrected chi connectivity index (χ0v) is 12.6. The SMILES string of the molecule is CCN(CC(C)C)C(CN)c1ccccc1C1CC1. The lowest BCUT2D eigenvalue weighted by atomic mass is 9.95. The number of likely N-dealkylation sites (N-methyl/N-ethyl adjacent to an activating group) is 1. The van der Waals surface area contributed by atoms with Crippen molar-refractivity contribution in [1.82, 2.24) is 4.90 Å². The van der Waals surface area contributed by atoms with Gasteiger partial charge >= 0.3 is 0 Å². The van der Waals surface area contributed by atoms with Crippen LogP contribution in [0.15, 0.2) is 24.3 Å². The first-order valence-electron chi connectivity index (χ1n) is 7.70. The fourth-order valence-corrected chi connectivity index (χ4v) is 3.00. The quantitative estimate of drug-likeness (QED) is 0.812. The van der Waals surface area contributed by atoms with Crippen LogP contribution < -0.4 is 5.73 Å². The summed E-state index contributed by atoms with van der Waals surface area (Å²) in [5.74, 6) is 1.48. The molecule has 0 aromatic heterocycles. The van der Waals surface area contributed by atoms with Gasteiger partial charge in [-0.3, -0.25) is 4.90 Å². The Balaban J connectivity index is 2.24. The molecule has 0 bridgehead atoms. The van der Waals surface area contributed by atoms with Gasteiger partial charge in [-0.1, -0.05) is 45.0 Å². The van der Waals surface area contributed by atoms with E-state index in [-0.39, 0.29) is 0 Å². The Hall–Kier alpha value is -0.860. The smallest absolute Gasteiger partial charge is 0.0473 e. The molecule has 1 aromatic rings. The van der Waals surface area contributed by atoms with E-state index in [1.165, 1.54) is 18.4 Å². The number of nitrogens with zero attached hydrogens (tertiary/aromatic N) is 1. The standard InChI is InChI=1S/C17H28N2/c1-4-19(12-13(2)3)17(11-18)16-8-6-5-7-15(16)14-9-10-14/h5-8,13-14,17H,4,9-12,18H2,1-3H3. The number of hydrogen-bond acceptors (Lipinski definition) is 2. The van der Waals surface area contributed by atoms with Crippen molar-refractivity contribution in [1.29, 1.82) is 0 Å². The Morgan fingerprint density at radius 1 is 1.26 bits per heavy atom. The highest BCUT2D eigenvalue weighted by atomic mass is 15.2. The highest BCUT2D eigenvalue weighted by Gasteiger charge is 2.29. The molecule has 2 rings (SSSR count). The molecule has 1 unspecified atom stereocenters. The van der Waals surface area contributed by atoms with E-state index in [1.807, 2.05) is 0 Å². The average molecular weight is 260 g/mol. The minimum atomic E-state index is 0.379. The molecular formula is C17H28N2. The molecule has 19 heavy (non-hydrogen) atoms. The molecule has 1 atom stereocenters. The summed E-state index contributed by atoms with van der Waals surface area (Å²) in [5.41, 5.74) is 9.11. The molecule has 1 saturated carbocycles. The van der Waals surface area contributed by atoms with Crippen molar-refractivity contribution < 1.29 is 0 Å². The summed E-state index contributed by atoms with van der Waals surface area (Å²) < 4.78 is 0. The van der Waals surface area contributed by atoms with Crippen molar-refractivity contribution >= 4 is 0 Å². The number of hydrogen-bond donors (Lipinski definition) is 1. The molecule has 0 amide bonds. The zero-order chi connectivity index (χ0) is 13.8. The van der Waals surface area contributed by atoms with Gasteiger partial charge < -0.3 is 5.73 Å². The van der Waals surface area contributed by atoms with E-state index in [0.29, 0.717) is 18.5 Å². The molecular weight excluding hydrogens is 232 g/mol. The van der Waals surface area contributed by atoms with Gasteiger partial charge in [-0.2, -0.15) is 0 Å². The van der Waals surface area contributed by atoms with Crippen molar-refractivity contribution in [2.75, 3.05) is 19.6 Å². The Kier molecular flexibility index (Phi) is 5.00. The zero-order valence-electron chi connectivity index (χ0n) is 12.6. The van der Waals surface area contributed by atoms with Gasteiger partial charge in [0.2, 0.25) is 0 Å². The Bertz CT molecular complexity index is 396. The van der Waals surface area contributed by atoms with Crippen LogP contribution in [0.3, 0.4) is 0 Å². The van der Waals surface area contributed by atoms with E-state index in [1.54, 1.807) is 5.56 Å². The maximum Gasteiger partial charge on any atom is 0.0473 e. The van der Waals surface area contributed by atoms with Gasteiger partial charge in [0, 0.05) is 19.1 Å². The van der Waals surface area contributed by atoms with E-state index in [2.05, 4.69) is 49.9 Å². The Morgan fingerprint density at radius 3 is 2.47 bits per heavy atom. The van der Waals surface area contributed by atoms with Crippen LogP contribution in [0.1, 0.15) is 56.7 Å². The second-order valence-electron chi connectivity index (χ2n) is 6.14. The molecule has 1 aromatic carbocycles. The molecule has 0 aliphatic heterocycles. The van der Waals surface area contributed by atoms with Crippen LogP contribution in [-0.4, -0.2) is 24.5 Å². The second kappa shape index (κ2) is 6.53. The van der Waals surface area contributed by atoms with Crippen molar-refractivity contribution in [3.63, 3.8) is 0 Å². The third-order valence-electron chi connectivity index (χ3n) is 4.04. The highest BCUT2D eigenvalue weighted by Crippen LogP contribution is 2.43. The lowest BCUT2D eigenvalue weighted by molar-refractivity contribution is 0.188. The fourth-order valence-electron chi connectivity index (χ4n) is 3.00. The van der Waals surface area contributed by atoms with E-state index >= 15 is 0 Å². The van der Waals surface area contributed by atoms with Crippen LogP contribution in [0.4, 0.5) is 0 Å². The van der Waals surface area contributed by atoms with E-state index < -0.39 is 0 Å². The minimum Gasteiger partial charge on any atom is -0.329 e. The van der Waals surface area contributed by atoms with Crippen LogP contribution in [0.25, 0.3) is 0 Å². The Morgan fingerprint density at radius 2 is 1.95 bits per heavy atom. The second-order valence-corrected chi connectivity index (χ2v) is 6.14. The molecule has 2 N–H and O–H groups in total. The first-order chi connectivity index (χ1) is 9.17. The molecule has 1 aliphatic rings. The van der Waals surface area contributed by atoms with E-state index in [0.717, 1.165) is 19.0 Å². The Labute approximate surface area is 118 Å². The maximum atomic E-state index is 6.10. The van der Waals surface area contributed by atoms with Crippen molar-refractivity contribution in [3.05, 3.63) is 35.4 Å². The lowest BCUT2D eigenvalue weighted by Crippen LogP contribution is -2.36.